The van der Waals surface area contributed by atoms with Gasteiger partial charge in [-0.1, -0.05) is 11.6 Å². The summed E-state index contributed by atoms with van der Waals surface area (Å²) in [5.74, 6) is 0.00907. The van der Waals surface area contributed by atoms with Gasteiger partial charge in [0, 0.05) is 18.9 Å². The maximum Gasteiger partial charge on any atom is 0.343 e. The molecule has 1 aliphatic rings. The molecule has 2 heterocycles. The van der Waals surface area contributed by atoms with E-state index in [0.717, 1.165) is 0 Å². The van der Waals surface area contributed by atoms with Crippen LogP contribution in [0.2, 0.25) is 5.02 Å². The SMILES string of the molecule is CCOC[C@@H]1COc2c(cc3[nH]cc(C(=O)OCC)c(=O)c3c2Cl)O1. The molecule has 0 radical (unpaired) electrons. The van der Waals surface area contributed by atoms with E-state index in [4.69, 9.17) is 30.5 Å². The van der Waals surface area contributed by atoms with Crippen LogP contribution >= 0.6 is 11.6 Å². The highest BCUT2D eigenvalue weighted by molar-refractivity contribution is 6.37. The number of pyridine rings is 1. The van der Waals surface area contributed by atoms with Crippen LogP contribution in [0.4, 0.5) is 0 Å². The van der Waals surface area contributed by atoms with E-state index in [1.54, 1.807) is 13.0 Å². The largest absolute Gasteiger partial charge is 0.484 e. The summed E-state index contributed by atoms with van der Waals surface area (Å²) in [6.07, 6.45) is 1.05. The van der Waals surface area contributed by atoms with E-state index in [-0.39, 0.29) is 41.0 Å². The first-order chi connectivity index (χ1) is 12.1. The summed E-state index contributed by atoms with van der Waals surface area (Å²) < 4.78 is 21.7. The summed E-state index contributed by atoms with van der Waals surface area (Å²) >= 11 is 6.36. The molecule has 0 spiro atoms. The minimum absolute atomic E-state index is 0.106. The second-order valence-electron chi connectivity index (χ2n) is 5.40. The molecular weight excluding hydrogens is 350 g/mol. The van der Waals surface area contributed by atoms with Gasteiger partial charge in [-0.25, -0.2) is 4.79 Å². The number of fused-ring (bicyclic) bond motifs is 2. The van der Waals surface area contributed by atoms with Gasteiger partial charge in [-0.3, -0.25) is 4.79 Å². The number of benzene rings is 1. The van der Waals surface area contributed by atoms with Gasteiger partial charge in [-0.05, 0) is 13.8 Å². The Bertz CT molecular complexity index is 862. The lowest BCUT2D eigenvalue weighted by atomic mass is 10.1. The van der Waals surface area contributed by atoms with Crippen molar-refractivity contribution in [1.82, 2.24) is 4.98 Å². The molecule has 7 nitrogen and oxygen atoms in total. The van der Waals surface area contributed by atoms with Crippen LogP contribution in [-0.2, 0) is 9.47 Å². The van der Waals surface area contributed by atoms with Crippen LogP contribution in [0.25, 0.3) is 10.9 Å². The summed E-state index contributed by atoms with van der Waals surface area (Å²) in [4.78, 5) is 27.4. The highest BCUT2D eigenvalue weighted by Crippen LogP contribution is 2.42. The molecule has 0 bridgehead atoms. The molecule has 0 saturated heterocycles. The molecular formula is C17H18ClNO6. The summed E-state index contributed by atoms with van der Waals surface area (Å²) in [6, 6.07) is 1.63. The maximum absolute atomic E-state index is 12.6. The summed E-state index contributed by atoms with van der Waals surface area (Å²) in [7, 11) is 0. The predicted octanol–water partition coefficient (Wildman–Crippen LogP) is 2.53. The van der Waals surface area contributed by atoms with Gasteiger partial charge in [0.05, 0.1) is 29.1 Å². The molecule has 1 aromatic carbocycles. The number of ether oxygens (including phenoxy) is 4. The van der Waals surface area contributed by atoms with Gasteiger partial charge >= 0.3 is 5.97 Å². The third kappa shape index (κ3) is 3.29. The minimum Gasteiger partial charge on any atom is -0.484 e. The van der Waals surface area contributed by atoms with Crippen molar-refractivity contribution in [3.05, 3.63) is 33.1 Å². The van der Waals surface area contributed by atoms with Crippen molar-refractivity contribution >= 4 is 28.5 Å². The zero-order chi connectivity index (χ0) is 18.0. The summed E-state index contributed by atoms with van der Waals surface area (Å²) in [6.45, 7) is 4.97. The fraction of sp³-hybridized carbons (Fsp3) is 0.412. The van der Waals surface area contributed by atoms with Gasteiger partial charge in [-0.15, -0.1) is 0 Å². The number of esters is 1. The van der Waals surface area contributed by atoms with Crippen LogP contribution < -0.4 is 14.9 Å². The molecule has 134 valence electrons. The molecule has 2 aromatic rings. The smallest absolute Gasteiger partial charge is 0.343 e. The average molecular weight is 368 g/mol. The maximum atomic E-state index is 12.6. The highest BCUT2D eigenvalue weighted by Gasteiger charge is 2.27. The van der Waals surface area contributed by atoms with Crippen LogP contribution in [0, 0.1) is 0 Å². The Labute approximate surface area is 148 Å². The Morgan fingerprint density at radius 2 is 2.20 bits per heavy atom. The molecule has 0 fully saturated rings. The molecule has 0 saturated carbocycles. The predicted molar refractivity (Wildman–Crippen MR) is 91.9 cm³/mol. The first-order valence-corrected chi connectivity index (χ1v) is 8.36. The van der Waals surface area contributed by atoms with Crippen molar-refractivity contribution in [2.45, 2.75) is 20.0 Å². The number of aromatic nitrogens is 1. The van der Waals surface area contributed by atoms with Crippen molar-refractivity contribution in [1.29, 1.82) is 0 Å². The van der Waals surface area contributed by atoms with Gasteiger partial charge in [0.2, 0.25) is 5.43 Å². The number of halogens is 1. The zero-order valence-electron chi connectivity index (χ0n) is 13.9. The van der Waals surface area contributed by atoms with Crippen LogP contribution in [0.15, 0.2) is 17.1 Å². The Morgan fingerprint density at radius 1 is 1.40 bits per heavy atom. The molecule has 1 aliphatic heterocycles. The van der Waals surface area contributed by atoms with E-state index in [1.807, 2.05) is 6.92 Å². The molecule has 1 aromatic heterocycles. The quantitative estimate of drug-likeness (QED) is 0.817. The van der Waals surface area contributed by atoms with Crippen LogP contribution in [-0.4, -0.2) is 43.5 Å². The monoisotopic (exact) mass is 367 g/mol. The fourth-order valence-electron chi connectivity index (χ4n) is 2.60. The van der Waals surface area contributed by atoms with Gasteiger partial charge in [0.15, 0.2) is 17.6 Å². The summed E-state index contributed by atoms with van der Waals surface area (Å²) in [5, 5.41) is 0.271. The Balaban J connectivity index is 2.04. The van der Waals surface area contributed by atoms with Crippen LogP contribution in [0.3, 0.4) is 0 Å². The number of carbonyl (C=O) groups is 1. The van der Waals surface area contributed by atoms with Crippen molar-refractivity contribution in [3.63, 3.8) is 0 Å². The molecule has 0 amide bonds. The van der Waals surface area contributed by atoms with Gasteiger partial charge < -0.3 is 23.9 Å². The van der Waals surface area contributed by atoms with Gasteiger partial charge in [0.1, 0.15) is 12.2 Å². The number of hydrogen-bond acceptors (Lipinski definition) is 6. The van der Waals surface area contributed by atoms with Gasteiger partial charge in [0.25, 0.3) is 0 Å². The summed E-state index contributed by atoms with van der Waals surface area (Å²) in [5.41, 5.74) is -0.176. The number of H-pyrrole nitrogens is 1. The van der Waals surface area contributed by atoms with Crippen LogP contribution in [0.5, 0.6) is 11.5 Å². The average Bonchev–Trinajstić information content (AvgIpc) is 2.60. The van der Waals surface area contributed by atoms with E-state index in [1.165, 1.54) is 6.20 Å². The van der Waals surface area contributed by atoms with Gasteiger partial charge in [-0.2, -0.15) is 0 Å². The molecule has 1 atom stereocenters. The van der Waals surface area contributed by atoms with Crippen molar-refractivity contribution in [3.8, 4) is 11.5 Å². The normalized spacial score (nSPS) is 16.0. The lowest BCUT2D eigenvalue weighted by molar-refractivity contribution is 0.0130. The fourth-order valence-corrected chi connectivity index (χ4v) is 2.93. The molecule has 8 heteroatoms. The van der Waals surface area contributed by atoms with Crippen molar-refractivity contribution in [2.24, 2.45) is 0 Å². The molecule has 0 unspecified atom stereocenters. The molecule has 3 rings (SSSR count). The highest BCUT2D eigenvalue weighted by atomic mass is 35.5. The number of aromatic amines is 1. The van der Waals surface area contributed by atoms with E-state index >= 15 is 0 Å². The Hall–Kier alpha value is -2.25. The first-order valence-electron chi connectivity index (χ1n) is 7.99. The third-order valence-corrected chi connectivity index (χ3v) is 4.10. The van der Waals surface area contributed by atoms with Crippen molar-refractivity contribution < 1.29 is 23.7 Å². The third-order valence-electron chi connectivity index (χ3n) is 3.74. The molecule has 25 heavy (non-hydrogen) atoms. The molecule has 1 N–H and O–H groups in total. The number of rotatable bonds is 5. The standard InChI is InChI=1S/C17H18ClNO6/c1-3-22-7-9-8-24-16-12(25-9)5-11-13(14(16)18)15(20)10(6-19-11)17(21)23-4-2/h5-6,9H,3-4,7-8H2,1-2H3,(H,19,20)/t9-/m1/s1. The molecule has 0 aliphatic carbocycles. The van der Waals surface area contributed by atoms with E-state index in [0.29, 0.717) is 24.5 Å². The minimum atomic E-state index is -0.701. The van der Waals surface area contributed by atoms with E-state index in [9.17, 15) is 9.59 Å². The van der Waals surface area contributed by atoms with Crippen LogP contribution in [0.1, 0.15) is 24.2 Å². The Kier molecular flexibility index (Phi) is 5.15. The topological polar surface area (TPSA) is 86.9 Å². The lowest BCUT2D eigenvalue weighted by Gasteiger charge is -2.27. The second kappa shape index (κ2) is 7.33. The lowest BCUT2D eigenvalue weighted by Crippen LogP contribution is -2.33. The first kappa shape index (κ1) is 17.6. The number of hydrogen-bond donors (Lipinski definition) is 1. The second-order valence-corrected chi connectivity index (χ2v) is 5.78. The number of carbonyl (C=O) groups excluding carboxylic acids is 1. The van der Waals surface area contributed by atoms with E-state index in [2.05, 4.69) is 4.98 Å². The Morgan fingerprint density at radius 3 is 2.92 bits per heavy atom. The number of nitrogens with one attached hydrogen (secondary N) is 1. The van der Waals surface area contributed by atoms with E-state index < -0.39 is 11.4 Å². The van der Waals surface area contributed by atoms with Crippen molar-refractivity contribution in [2.75, 3.05) is 26.4 Å². The zero-order valence-corrected chi connectivity index (χ0v) is 14.6.